The summed E-state index contributed by atoms with van der Waals surface area (Å²) in [6.07, 6.45) is 16.9. The van der Waals surface area contributed by atoms with E-state index in [1.54, 1.807) is 0 Å². The van der Waals surface area contributed by atoms with Crippen LogP contribution in [0.25, 0.3) is 0 Å². The Morgan fingerprint density at radius 2 is 1.05 bits per heavy atom. The average Bonchev–Trinajstić information content (AvgIpc) is 2.47. The standard InChI is InChI=1S/C17H34NO2/c1-18-17(20)15-13-11-9-7-5-3-2-4-6-8-10-12-14-16-19/h19H,1-16H2,(H,18,20). The Hall–Kier alpha value is -0.570. The Kier molecular flexibility index (Phi) is 16.0. The molecule has 0 aliphatic carbocycles. The van der Waals surface area contributed by atoms with Crippen molar-refractivity contribution in [2.75, 3.05) is 6.61 Å². The fourth-order valence-electron chi connectivity index (χ4n) is 2.43. The van der Waals surface area contributed by atoms with E-state index in [0.717, 1.165) is 19.3 Å². The Balaban J connectivity index is 2.97. The summed E-state index contributed by atoms with van der Waals surface area (Å²) >= 11 is 0. The Labute approximate surface area is 125 Å². The van der Waals surface area contributed by atoms with Gasteiger partial charge in [-0.1, -0.05) is 70.6 Å². The van der Waals surface area contributed by atoms with E-state index in [2.05, 4.69) is 12.4 Å². The maximum atomic E-state index is 10.9. The topological polar surface area (TPSA) is 49.3 Å². The van der Waals surface area contributed by atoms with Crippen molar-refractivity contribution in [3.63, 3.8) is 0 Å². The molecule has 3 nitrogen and oxygen atoms in total. The van der Waals surface area contributed by atoms with Crippen molar-refractivity contribution in [3.05, 3.63) is 7.05 Å². The largest absolute Gasteiger partial charge is 0.396 e. The predicted octanol–water partition coefficient (Wildman–Crippen LogP) is 4.35. The molecule has 1 radical (unpaired) electrons. The van der Waals surface area contributed by atoms with Gasteiger partial charge in [0.25, 0.3) is 0 Å². The van der Waals surface area contributed by atoms with Gasteiger partial charge in [-0.25, -0.2) is 0 Å². The second-order valence-electron chi connectivity index (χ2n) is 5.67. The molecule has 0 aliphatic rings. The molecule has 0 rings (SSSR count). The Morgan fingerprint density at radius 3 is 1.40 bits per heavy atom. The first-order valence-corrected chi connectivity index (χ1v) is 8.48. The van der Waals surface area contributed by atoms with Crippen molar-refractivity contribution in [2.24, 2.45) is 0 Å². The monoisotopic (exact) mass is 284 g/mol. The third-order valence-corrected chi connectivity index (χ3v) is 3.76. The minimum Gasteiger partial charge on any atom is -0.396 e. The van der Waals surface area contributed by atoms with E-state index in [9.17, 15) is 4.79 Å². The van der Waals surface area contributed by atoms with Crippen molar-refractivity contribution in [1.29, 1.82) is 0 Å². The van der Waals surface area contributed by atoms with E-state index >= 15 is 0 Å². The van der Waals surface area contributed by atoms with E-state index in [-0.39, 0.29) is 5.91 Å². The van der Waals surface area contributed by atoms with Gasteiger partial charge in [0.05, 0.1) is 0 Å². The molecule has 0 bridgehead atoms. The lowest BCUT2D eigenvalue weighted by Gasteiger charge is -2.03. The highest BCUT2D eigenvalue weighted by Crippen LogP contribution is 2.12. The van der Waals surface area contributed by atoms with Crippen LogP contribution in [0.15, 0.2) is 0 Å². The third kappa shape index (κ3) is 15.5. The second kappa shape index (κ2) is 16.5. The highest BCUT2D eigenvalue weighted by atomic mass is 16.2. The van der Waals surface area contributed by atoms with Crippen LogP contribution in [0.4, 0.5) is 0 Å². The molecule has 0 saturated heterocycles. The summed E-state index contributed by atoms with van der Waals surface area (Å²) in [7, 11) is 3.36. The third-order valence-electron chi connectivity index (χ3n) is 3.76. The van der Waals surface area contributed by atoms with Gasteiger partial charge in [-0.15, -0.1) is 0 Å². The zero-order valence-corrected chi connectivity index (χ0v) is 13.2. The maximum Gasteiger partial charge on any atom is 0.220 e. The van der Waals surface area contributed by atoms with Crippen LogP contribution in [0, 0.1) is 7.05 Å². The number of amides is 1. The number of hydrogen-bond acceptors (Lipinski definition) is 2. The van der Waals surface area contributed by atoms with E-state index in [4.69, 9.17) is 5.11 Å². The lowest BCUT2D eigenvalue weighted by Crippen LogP contribution is -2.14. The van der Waals surface area contributed by atoms with Crippen LogP contribution in [-0.4, -0.2) is 17.6 Å². The summed E-state index contributed by atoms with van der Waals surface area (Å²) in [6, 6.07) is 0. The molecular weight excluding hydrogens is 250 g/mol. The first kappa shape index (κ1) is 19.4. The fourth-order valence-corrected chi connectivity index (χ4v) is 2.43. The molecule has 20 heavy (non-hydrogen) atoms. The van der Waals surface area contributed by atoms with Gasteiger partial charge in [0, 0.05) is 20.1 Å². The zero-order chi connectivity index (χ0) is 14.9. The van der Waals surface area contributed by atoms with E-state index in [0.29, 0.717) is 13.0 Å². The Morgan fingerprint density at radius 1 is 0.700 bits per heavy atom. The molecule has 0 fully saturated rings. The number of nitrogens with one attached hydrogen (secondary N) is 1. The summed E-state index contributed by atoms with van der Waals surface area (Å²) in [4.78, 5) is 10.9. The number of hydrogen-bond donors (Lipinski definition) is 2. The van der Waals surface area contributed by atoms with Crippen molar-refractivity contribution in [1.82, 2.24) is 5.32 Å². The summed E-state index contributed by atoms with van der Waals surface area (Å²) in [5.74, 6) is 0.0592. The highest BCUT2D eigenvalue weighted by Gasteiger charge is 1.97. The molecule has 2 N–H and O–H groups in total. The van der Waals surface area contributed by atoms with Gasteiger partial charge in [0.15, 0.2) is 0 Å². The van der Waals surface area contributed by atoms with Gasteiger partial charge in [0.1, 0.15) is 0 Å². The van der Waals surface area contributed by atoms with E-state index in [1.807, 2.05) is 0 Å². The van der Waals surface area contributed by atoms with Gasteiger partial charge in [-0.2, -0.15) is 0 Å². The van der Waals surface area contributed by atoms with Crippen LogP contribution in [0.5, 0.6) is 0 Å². The molecule has 0 aromatic heterocycles. The smallest absolute Gasteiger partial charge is 0.220 e. The van der Waals surface area contributed by atoms with Crippen LogP contribution < -0.4 is 5.32 Å². The van der Waals surface area contributed by atoms with Crippen molar-refractivity contribution in [2.45, 2.75) is 89.9 Å². The normalized spacial score (nSPS) is 10.7. The van der Waals surface area contributed by atoms with Crippen LogP contribution in [0.2, 0.25) is 0 Å². The molecular formula is C17H34NO2. The van der Waals surface area contributed by atoms with Crippen molar-refractivity contribution in [3.8, 4) is 0 Å². The second-order valence-corrected chi connectivity index (χ2v) is 5.67. The maximum absolute atomic E-state index is 10.9. The first-order valence-electron chi connectivity index (χ1n) is 8.48. The Bertz CT molecular complexity index is 207. The molecule has 0 spiro atoms. The molecule has 0 aliphatic heterocycles. The molecule has 0 heterocycles. The minimum absolute atomic E-state index is 0.0592. The van der Waals surface area contributed by atoms with Crippen molar-refractivity contribution >= 4 is 5.91 Å². The van der Waals surface area contributed by atoms with Gasteiger partial charge in [0.2, 0.25) is 5.91 Å². The number of rotatable bonds is 15. The minimum atomic E-state index is 0.0592. The fraction of sp³-hybridized carbons (Fsp3) is 0.882. The SMILES string of the molecule is [CH2]NC(=O)CCCCCCCCCCCCCCCO. The van der Waals surface area contributed by atoms with Gasteiger partial charge >= 0.3 is 0 Å². The van der Waals surface area contributed by atoms with Gasteiger partial charge in [-0.05, 0) is 12.8 Å². The van der Waals surface area contributed by atoms with E-state index in [1.165, 1.54) is 64.2 Å². The van der Waals surface area contributed by atoms with E-state index < -0.39 is 0 Å². The molecule has 0 aromatic carbocycles. The predicted molar refractivity (Wildman–Crippen MR) is 85.2 cm³/mol. The first-order chi connectivity index (χ1) is 9.81. The summed E-state index contributed by atoms with van der Waals surface area (Å²) < 4.78 is 0. The molecule has 0 unspecified atom stereocenters. The molecule has 1 amide bonds. The zero-order valence-electron chi connectivity index (χ0n) is 13.2. The number of carbonyl (C=O) groups excluding carboxylic acids is 1. The van der Waals surface area contributed by atoms with Crippen LogP contribution >= 0.6 is 0 Å². The van der Waals surface area contributed by atoms with Crippen LogP contribution in [0.1, 0.15) is 89.9 Å². The lowest BCUT2D eigenvalue weighted by atomic mass is 10.0. The van der Waals surface area contributed by atoms with Crippen LogP contribution in [0.3, 0.4) is 0 Å². The number of unbranched alkanes of at least 4 members (excludes halogenated alkanes) is 12. The van der Waals surface area contributed by atoms with Gasteiger partial charge < -0.3 is 10.4 Å². The summed E-state index contributed by atoms with van der Waals surface area (Å²) in [5, 5.41) is 11.1. The lowest BCUT2D eigenvalue weighted by molar-refractivity contribution is -0.120. The number of carbonyl (C=O) groups is 1. The van der Waals surface area contributed by atoms with Crippen LogP contribution in [-0.2, 0) is 4.79 Å². The molecule has 0 aromatic rings. The average molecular weight is 284 g/mol. The number of aliphatic hydroxyl groups is 1. The molecule has 119 valence electrons. The molecule has 3 heteroatoms. The van der Waals surface area contributed by atoms with Crippen molar-refractivity contribution < 1.29 is 9.90 Å². The van der Waals surface area contributed by atoms with Gasteiger partial charge in [-0.3, -0.25) is 4.79 Å². The molecule has 0 saturated carbocycles. The molecule has 0 atom stereocenters. The highest BCUT2D eigenvalue weighted by molar-refractivity contribution is 5.75. The summed E-state index contributed by atoms with van der Waals surface area (Å²) in [6.45, 7) is 0.347. The summed E-state index contributed by atoms with van der Waals surface area (Å²) in [5.41, 5.74) is 0. The quantitative estimate of drug-likeness (QED) is 0.439. The number of aliphatic hydroxyl groups excluding tert-OH is 1.